The second-order valence-electron chi connectivity index (χ2n) is 7.49. The average Bonchev–Trinajstić information content (AvgIpc) is 3.06. The topological polar surface area (TPSA) is 27.3 Å². The average molecular weight is 367 g/mol. The van der Waals surface area contributed by atoms with E-state index < -0.39 is 5.92 Å². The highest BCUT2D eigenvalue weighted by atomic mass is 19.3. The number of alkyl halides is 2. The molecule has 0 saturated carbocycles. The van der Waals surface area contributed by atoms with Gasteiger partial charge in [-0.1, -0.05) is 19.1 Å². The zero-order valence-electron chi connectivity index (χ0n) is 15.5. The van der Waals surface area contributed by atoms with Crippen LogP contribution in [0.3, 0.4) is 0 Å². The van der Waals surface area contributed by atoms with E-state index in [0.29, 0.717) is 31.2 Å². The molecule has 26 heavy (non-hydrogen) atoms. The molecular weight excluding hydrogens is 339 g/mol. The number of hydrogen-bond acceptors (Lipinski definition) is 3. The standard InChI is InChI=1S/C20H28F3N3/c1-3-17-11-18(12-24-17)25-14(2)15-4-5-16(19(21)10-15)13-26-8-6-20(22,23)7-9-26/h4-5,10,12,14,17,24-25H,3,6-9,11,13H2,1-2H3. The lowest BCUT2D eigenvalue weighted by Crippen LogP contribution is -2.39. The Labute approximate surface area is 153 Å². The number of likely N-dealkylation sites (tertiary alicyclic amines) is 1. The van der Waals surface area contributed by atoms with E-state index in [1.54, 1.807) is 12.1 Å². The lowest BCUT2D eigenvalue weighted by Gasteiger charge is -2.31. The maximum Gasteiger partial charge on any atom is 0.250 e. The first-order chi connectivity index (χ1) is 12.4. The van der Waals surface area contributed by atoms with Crippen LogP contribution in [0.5, 0.6) is 0 Å². The molecule has 1 aromatic rings. The molecule has 0 aromatic heterocycles. The Kier molecular flexibility index (Phi) is 5.80. The third kappa shape index (κ3) is 4.72. The van der Waals surface area contributed by atoms with E-state index in [9.17, 15) is 13.2 Å². The van der Waals surface area contributed by atoms with Gasteiger partial charge in [-0.3, -0.25) is 4.90 Å². The third-order valence-electron chi connectivity index (χ3n) is 5.41. The van der Waals surface area contributed by atoms with Crippen molar-refractivity contribution in [2.75, 3.05) is 13.1 Å². The molecule has 2 unspecified atom stereocenters. The number of hydrogen-bond donors (Lipinski definition) is 2. The number of nitrogens with one attached hydrogen (secondary N) is 2. The first-order valence-corrected chi connectivity index (χ1v) is 9.46. The number of rotatable bonds is 6. The van der Waals surface area contributed by atoms with E-state index >= 15 is 0 Å². The van der Waals surface area contributed by atoms with Gasteiger partial charge in [0.05, 0.1) is 0 Å². The van der Waals surface area contributed by atoms with Crippen molar-refractivity contribution < 1.29 is 13.2 Å². The number of benzene rings is 1. The Morgan fingerprint density at radius 1 is 1.31 bits per heavy atom. The zero-order chi connectivity index (χ0) is 18.7. The normalized spacial score (nSPS) is 24.0. The summed E-state index contributed by atoms with van der Waals surface area (Å²) in [5.74, 6) is -2.83. The van der Waals surface area contributed by atoms with Gasteiger partial charge in [0, 0.05) is 68.4 Å². The molecule has 3 nitrogen and oxygen atoms in total. The fraction of sp³-hybridized carbons (Fsp3) is 0.600. The van der Waals surface area contributed by atoms with Crippen molar-refractivity contribution in [2.24, 2.45) is 0 Å². The summed E-state index contributed by atoms with van der Waals surface area (Å²) in [6.07, 6.45) is 3.75. The van der Waals surface area contributed by atoms with Gasteiger partial charge in [-0.15, -0.1) is 0 Å². The highest BCUT2D eigenvalue weighted by Gasteiger charge is 2.34. The summed E-state index contributed by atoms with van der Waals surface area (Å²) < 4.78 is 41.0. The van der Waals surface area contributed by atoms with Gasteiger partial charge in [0.15, 0.2) is 0 Å². The first kappa shape index (κ1) is 19.1. The molecule has 6 heteroatoms. The van der Waals surface area contributed by atoms with Crippen molar-refractivity contribution in [1.29, 1.82) is 0 Å². The van der Waals surface area contributed by atoms with Crippen LogP contribution < -0.4 is 10.6 Å². The van der Waals surface area contributed by atoms with Gasteiger partial charge in [0.1, 0.15) is 5.82 Å². The molecule has 2 aliphatic rings. The van der Waals surface area contributed by atoms with Crippen molar-refractivity contribution in [3.8, 4) is 0 Å². The molecule has 2 aliphatic heterocycles. The Balaban J connectivity index is 1.57. The van der Waals surface area contributed by atoms with E-state index in [4.69, 9.17) is 0 Å². The zero-order valence-corrected chi connectivity index (χ0v) is 15.5. The van der Waals surface area contributed by atoms with Gasteiger partial charge in [0.25, 0.3) is 5.92 Å². The summed E-state index contributed by atoms with van der Waals surface area (Å²) in [5, 5.41) is 6.76. The van der Waals surface area contributed by atoms with Gasteiger partial charge in [0.2, 0.25) is 0 Å². The van der Waals surface area contributed by atoms with Crippen LogP contribution in [-0.2, 0) is 6.54 Å². The van der Waals surface area contributed by atoms with Crippen molar-refractivity contribution in [3.63, 3.8) is 0 Å². The molecule has 0 spiro atoms. The minimum atomic E-state index is -2.57. The molecule has 144 valence electrons. The molecule has 3 rings (SSSR count). The Bertz CT molecular complexity index is 650. The minimum absolute atomic E-state index is 0.0101. The second kappa shape index (κ2) is 7.91. The SMILES string of the molecule is CCC1CC(NC(C)c2ccc(CN3CCC(F)(F)CC3)c(F)c2)=CN1. The maximum atomic E-state index is 14.5. The van der Waals surface area contributed by atoms with Crippen LogP contribution in [0.2, 0.25) is 0 Å². The fourth-order valence-electron chi connectivity index (χ4n) is 3.57. The molecule has 0 bridgehead atoms. The van der Waals surface area contributed by atoms with Gasteiger partial charge in [-0.2, -0.15) is 0 Å². The van der Waals surface area contributed by atoms with Crippen molar-refractivity contribution in [3.05, 3.63) is 47.0 Å². The molecule has 1 aromatic carbocycles. The highest BCUT2D eigenvalue weighted by Crippen LogP contribution is 2.29. The molecule has 2 heterocycles. The first-order valence-electron chi connectivity index (χ1n) is 9.46. The molecule has 2 N–H and O–H groups in total. The van der Waals surface area contributed by atoms with E-state index in [2.05, 4.69) is 17.6 Å². The number of piperidine rings is 1. The van der Waals surface area contributed by atoms with E-state index in [0.717, 1.165) is 24.1 Å². The second-order valence-corrected chi connectivity index (χ2v) is 7.49. The molecule has 1 saturated heterocycles. The predicted octanol–water partition coefficient (Wildman–Crippen LogP) is 4.32. The lowest BCUT2D eigenvalue weighted by molar-refractivity contribution is -0.0567. The monoisotopic (exact) mass is 367 g/mol. The largest absolute Gasteiger partial charge is 0.386 e. The summed E-state index contributed by atoms with van der Waals surface area (Å²) in [6, 6.07) is 5.75. The Morgan fingerprint density at radius 3 is 2.65 bits per heavy atom. The minimum Gasteiger partial charge on any atom is -0.386 e. The van der Waals surface area contributed by atoms with Crippen LogP contribution in [0.4, 0.5) is 13.2 Å². The molecule has 0 amide bonds. The van der Waals surface area contributed by atoms with Gasteiger partial charge in [-0.05, 0) is 25.0 Å². The fourth-order valence-corrected chi connectivity index (χ4v) is 3.57. The number of halogens is 3. The summed E-state index contributed by atoms with van der Waals surface area (Å²) in [7, 11) is 0. The van der Waals surface area contributed by atoms with Crippen LogP contribution in [0, 0.1) is 5.82 Å². The lowest BCUT2D eigenvalue weighted by atomic mass is 10.0. The van der Waals surface area contributed by atoms with E-state index in [-0.39, 0.29) is 24.7 Å². The Morgan fingerprint density at radius 2 is 2.04 bits per heavy atom. The van der Waals surface area contributed by atoms with E-state index in [1.807, 2.05) is 24.1 Å². The van der Waals surface area contributed by atoms with E-state index in [1.165, 1.54) is 0 Å². The van der Waals surface area contributed by atoms with Gasteiger partial charge in [-0.25, -0.2) is 13.2 Å². The molecule has 2 atom stereocenters. The van der Waals surface area contributed by atoms with Crippen molar-refractivity contribution in [2.45, 2.75) is 64.1 Å². The van der Waals surface area contributed by atoms with Crippen LogP contribution >= 0.6 is 0 Å². The van der Waals surface area contributed by atoms with Crippen molar-refractivity contribution >= 4 is 0 Å². The molecule has 1 fully saturated rings. The summed E-state index contributed by atoms with van der Waals surface area (Å²) in [6.45, 7) is 5.17. The third-order valence-corrected chi connectivity index (χ3v) is 5.41. The van der Waals surface area contributed by atoms with Crippen LogP contribution in [0.15, 0.2) is 30.1 Å². The quantitative estimate of drug-likeness (QED) is 0.784. The molecular formula is C20H28F3N3. The maximum absolute atomic E-state index is 14.5. The summed E-state index contributed by atoms with van der Waals surface area (Å²) in [5.41, 5.74) is 2.60. The van der Waals surface area contributed by atoms with Gasteiger partial charge >= 0.3 is 0 Å². The molecule has 0 radical (unpaired) electrons. The summed E-state index contributed by atoms with van der Waals surface area (Å²) >= 11 is 0. The number of nitrogens with zero attached hydrogens (tertiary/aromatic N) is 1. The summed E-state index contributed by atoms with van der Waals surface area (Å²) in [4.78, 5) is 1.90. The smallest absolute Gasteiger partial charge is 0.250 e. The van der Waals surface area contributed by atoms with Crippen LogP contribution in [0.1, 0.15) is 56.7 Å². The van der Waals surface area contributed by atoms with Crippen molar-refractivity contribution in [1.82, 2.24) is 15.5 Å². The molecule has 0 aliphatic carbocycles. The Hall–Kier alpha value is -1.69. The van der Waals surface area contributed by atoms with Crippen LogP contribution in [-0.4, -0.2) is 30.0 Å². The highest BCUT2D eigenvalue weighted by molar-refractivity contribution is 5.27. The van der Waals surface area contributed by atoms with Gasteiger partial charge < -0.3 is 10.6 Å². The van der Waals surface area contributed by atoms with Crippen LogP contribution in [0.25, 0.3) is 0 Å². The predicted molar refractivity (Wildman–Crippen MR) is 97.3 cm³/mol.